The lowest BCUT2D eigenvalue weighted by atomic mass is 9.70. The zero-order valence-electron chi connectivity index (χ0n) is 14.4. The Morgan fingerprint density at radius 3 is 2.62 bits per heavy atom. The first-order valence-electron chi connectivity index (χ1n) is 8.93. The number of aliphatic hydroxyl groups is 1. The minimum absolute atomic E-state index is 0.00822. The summed E-state index contributed by atoms with van der Waals surface area (Å²) >= 11 is 0. The smallest absolute Gasteiger partial charge is 0.231 e. The Morgan fingerprint density at radius 2 is 1.73 bits per heavy atom. The maximum absolute atomic E-state index is 11.0. The third kappa shape index (κ3) is 1.83. The number of nitrogens with zero attached hydrogens (tertiary/aromatic N) is 1. The zero-order valence-corrected chi connectivity index (χ0v) is 14.4. The monoisotopic (exact) mass is 353 g/mol. The quantitative estimate of drug-likeness (QED) is 0.784. The number of fused-ring (bicyclic) bond motifs is 8. The molecule has 0 aromatic heterocycles. The van der Waals surface area contributed by atoms with Crippen molar-refractivity contribution in [1.29, 1.82) is 0 Å². The van der Waals surface area contributed by atoms with Gasteiger partial charge in [0.1, 0.15) is 0 Å². The first-order chi connectivity index (χ1) is 12.7. The number of rotatable bonds is 0. The molecule has 1 N–H and O–H groups in total. The molecule has 6 heteroatoms. The molecular formula is C20H19NO5. The van der Waals surface area contributed by atoms with Gasteiger partial charge in [0, 0.05) is 24.1 Å². The van der Waals surface area contributed by atoms with Gasteiger partial charge in [-0.2, -0.15) is 0 Å². The summed E-state index contributed by atoms with van der Waals surface area (Å²) in [6.45, 7) is 1.28. The highest BCUT2D eigenvalue weighted by molar-refractivity contribution is 5.58. The number of benzene rings is 2. The van der Waals surface area contributed by atoms with Gasteiger partial charge in [-0.25, -0.2) is 0 Å². The van der Waals surface area contributed by atoms with Crippen LogP contribution in [0.5, 0.6) is 23.0 Å². The highest BCUT2D eigenvalue weighted by Gasteiger charge is 2.45. The van der Waals surface area contributed by atoms with Crippen molar-refractivity contribution < 1.29 is 24.1 Å². The molecule has 0 radical (unpaired) electrons. The second-order valence-corrected chi connectivity index (χ2v) is 7.43. The number of ether oxygens (including phenoxy) is 4. The fourth-order valence-electron chi connectivity index (χ4n) is 4.97. The summed E-state index contributed by atoms with van der Waals surface area (Å²) in [4.78, 5) is 2.29. The molecule has 1 aliphatic carbocycles. The fraction of sp³-hybridized carbons (Fsp3) is 0.400. The molecule has 0 saturated heterocycles. The number of hydrogen-bond acceptors (Lipinski definition) is 6. The van der Waals surface area contributed by atoms with Crippen LogP contribution in [0.2, 0.25) is 0 Å². The van der Waals surface area contributed by atoms with Crippen LogP contribution in [0.1, 0.15) is 34.2 Å². The standard InChI is InChI=1S/C20H19NO5/c1-21-7-13-11(2-3-15-20(13)26-9-23-15)18-14(22)4-10-5-16-17(25-8-24-16)6-12(10)19(18)21/h2-3,5-6,14,18-19,22H,4,7-9H2,1H3/t14?,18?,19-/m1/s1. The summed E-state index contributed by atoms with van der Waals surface area (Å²) < 4.78 is 22.4. The maximum Gasteiger partial charge on any atom is 0.231 e. The summed E-state index contributed by atoms with van der Waals surface area (Å²) in [6, 6.07) is 8.27. The SMILES string of the molecule is CN1Cc2c(ccc3c2OCO3)C2C(O)Cc3cc4c(cc3[C@H]21)OCO4. The summed E-state index contributed by atoms with van der Waals surface area (Å²) in [6.07, 6.45) is 0.143. The van der Waals surface area contributed by atoms with Crippen LogP contribution in [-0.2, 0) is 13.0 Å². The van der Waals surface area contributed by atoms with Crippen LogP contribution in [0.3, 0.4) is 0 Å². The molecule has 3 heterocycles. The molecule has 0 spiro atoms. The van der Waals surface area contributed by atoms with E-state index in [-0.39, 0.29) is 25.5 Å². The van der Waals surface area contributed by atoms with Gasteiger partial charge in [-0.05, 0) is 48.4 Å². The molecule has 2 aromatic rings. The summed E-state index contributed by atoms with van der Waals surface area (Å²) in [5.74, 6) is 3.19. The molecule has 134 valence electrons. The van der Waals surface area contributed by atoms with Gasteiger partial charge in [0.25, 0.3) is 0 Å². The summed E-state index contributed by atoms with van der Waals surface area (Å²) in [5.41, 5.74) is 4.65. The molecule has 2 aromatic carbocycles. The lowest BCUT2D eigenvalue weighted by molar-refractivity contribution is 0.0591. The number of likely N-dealkylation sites (N-methyl/N-ethyl adjacent to an activating group) is 1. The van der Waals surface area contributed by atoms with E-state index in [1.165, 1.54) is 5.56 Å². The van der Waals surface area contributed by atoms with Gasteiger partial charge >= 0.3 is 0 Å². The maximum atomic E-state index is 11.0. The molecule has 3 aliphatic heterocycles. The Bertz CT molecular complexity index is 925. The Balaban J connectivity index is 1.53. The predicted molar refractivity (Wildman–Crippen MR) is 91.8 cm³/mol. The van der Waals surface area contributed by atoms with E-state index in [1.807, 2.05) is 12.1 Å². The van der Waals surface area contributed by atoms with Crippen LogP contribution < -0.4 is 18.9 Å². The normalized spacial score (nSPS) is 27.7. The highest BCUT2D eigenvalue weighted by atomic mass is 16.7. The number of aliphatic hydroxyl groups excluding tert-OH is 1. The second-order valence-electron chi connectivity index (χ2n) is 7.43. The largest absolute Gasteiger partial charge is 0.454 e. The molecule has 6 nitrogen and oxygen atoms in total. The minimum Gasteiger partial charge on any atom is -0.454 e. The van der Waals surface area contributed by atoms with E-state index in [2.05, 4.69) is 24.1 Å². The molecular weight excluding hydrogens is 334 g/mol. The van der Waals surface area contributed by atoms with Gasteiger partial charge in [0.15, 0.2) is 23.0 Å². The number of hydrogen-bond donors (Lipinski definition) is 1. The van der Waals surface area contributed by atoms with E-state index in [1.54, 1.807) is 0 Å². The summed E-state index contributed by atoms with van der Waals surface area (Å²) in [7, 11) is 2.10. The van der Waals surface area contributed by atoms with E-state index in [4.69, 9.17) is 18.9 Å². The van der Waals surface area contributed by atoms with Gasteiger partial charge in [-0.15, -0.1) is 0 Å². The molecule has 26 heavy (non-hydrogen) atoms. The van der Waals surface area contributed by atoms with Crippen molar-refractivity contribution in [3.8, 4) is 23.0 Å². The van der Waals surface area contributed by atoms with Crippen LogP contribution in [-0.4, -0.2) is 36.7 Å². The van der Waals surface area contributed by atoms with E-state index in [0.29, 0.717) is 6.42 Å². The van der Waals surface area contributed by atoms with Gasteiger partial charge in [-0.3, -0.25) is 4.90 Å². The second kappa shape index (κ2) is 5.05. The van der Waals surface area contributed by atoms with Crippen molar-refractivity contribution in [2.24, 2.45) is 0 Å². The van der Waals surface area contributed by atoms with E-state index in [0.717, 1.165) is 46.2 Å². The Morgan fingerprint density at radius 1 is 0.962 bits per heavy atom. The van der Waals surface area contributed by atoms with Crippen molar-refractivity contribution in [1.82, 2.24) is 4.90 Å². The predicted octanol–water partition coefficient (Wildman–Crippen LogP) is 2.33. The van der Waals surface area contributed by atoms with Gasteiger partial charge < -0.3 is 24.1 Å². The molecule has 0 saturated carbocycles. The Kier molecular flexibility index (Phi) is 2.86. The van der Waals surface area contributed by atoms with Crippen molar-refractivity contribution in [3.63, 3.8) is 0 Å². The van der Waals surface area contributed by atoms with Crippen molar-refractivity contribution >= 4 is 0 Å². The Hall–Kier alpha value is -2.44. The van der Waals surface area contributed by atoms with Crippen molar-refractivity contribution in [3.05, 3.63) is 46.5 Å². The molecule has 0 amide bonds. The molecule has 6 rings (SSSR count). The van der Waals surface area contributed by atoms with Gasteiger partial charge in [0.05, 0.1) is 6.10 Å². The third-order valence-corrected chi connectivity index (χ3v) is 6.06. The lowest BCUT2D eigenvalue weighted by Gasteiger charge is -2.46. The molecule has 0 fully saturated rings. The van der Waals surface area contributed by atoms with Crippen molar-refractivity contribution in [2.45, 2.75) is 31.0 Å². The summed E-state index contributed by atoms with van der Waals surface area (Å²) in [5, 5.41) is 11.0. The van der Waals surface area contributed by atoms with Crippen LogP contribution in [0.4, 0.5) is 0 Å². The lowest BCUT2D eigenvalue weighted by Crippen LogP contribution is -2.43. The van der Waals surface area contributed by atoms with Crippen molar-refractivity contribution in [2.75, 3.05) is 20.6 Å². The zero-order chi connectivity index (χ0) is 17.4. The first-order valence-corrected chi connectivity index (χ1v) is 8.93. The average Bonchev–Trinajstić information content (AvgIpc) is 3.28. The fourth-order valence-corrected chi connectivity index (χ4v) is 4.97. The highest BCUT2D eigenvalue weighted by Crippen LogP contribution is 2.54. The third-order valence-electron chi connectivity index (χ3n) is 6.06. The van der Waals surface area contributed by atoms with E-state index < -0.39 is 6.10 Å². The topological polar surface area (TPSA) is 60.4 Å². The van der Waals surface area contributed by atoms with Crippen LogP contribution in [0, 0.1) is 0 Å². The first kappa shape index (κ1) is 14.7. The average molecular weight is 353 g/mol. The molecule has 0 bridgehead atoms. The molecule has 3 atom stereocenters. The van der Waals surface area contributed by atoms with Crippen LogP contribution in [0.15, 0.2) is 24.3 Å². The van der Waals surface area contributed by atoms with Crippen LogP contribution in [0.25, 0.3) is 0 Å². The van der Waals surface area contributed by atoms with Crippen LogP contribution >= 0.6 is 0 Å². The Labute approximate surface area is 150 Å². The van der Waals surface area contributed by atoms with Gasteiger partial charge in [0.2, 0.25) is 13.6 Å². The molecule has 4 aliphatic rings. The minimum atomic E-state index is -0.463. The molecule has 2 unspecified atom stereocenters. The van der Waals surface area contributed by atoms with E-state index >= 15 is 0 Å². The van der Waals surface area contributed by atoms with Gasteiger partial charge in [-0.1, -0.05) is 6.07 Å². The van der Waals surface area contributed by atoms with E-state index in [9.17, 15) is 5.11 Å².